The molecule has 2 heterocycles. The molecule has 2 aromatic rings. The third kappa shape index (κ3) is 10.5. The second-order valence-corrected chi connectivity index (χ2v) is 12.7. The van der Waals surface area contributed by atoms with Crippen molar-refractivity contribution in [3.8, 4) is 0 Å². The van der Waals surface area contributed by atoms with Crippen LogP contribution in [0.5, 0.6) is 0 Å². The van der Waals surface area contributed by atoms with E-state index in [1.165, 1.54) is 6.33 Å². The second kappa shape index (κ2) is 14.7. The first kappa shape index (κ1) is 32.6. The Hall–Kier alpha value is -2.60. The van der Waals surface area contributed by atoms with Crippen molar-refractivity contribution >= 4 is 36.4 Å². The number of unbranched alkanes of at least 4 members (excludes halogenated alkanes) is 2. The average molecular weight is 570 g/mol. The molecule has 0 spiro atoms. The molecular weight excluding hydrogens is 525 g/mol. The lowest BCUT2D eigenvalue weighted by molar-refractivity contribution is -0.150. The summed E-state index contributed by atoms with van der Waals surface area (Å²) in [5.74, 6) is -0.671. The summed E-state index contributed by atoms with van der Waals surface area (Å²) in [6.45, 7) is 13.0. The molecule has 0 aliphatic heterocycles. The van der Waals surface area contributed by atoms with Crippen molar-refractivity contribution in [2.75, 3.05) is 18.7 Å². The highest BCUT2D eigenvalue weighted by Gasteiger charge is 2.38. The van der Waals surface area contributed by atoms with Crippen molar-refractivity contribution in [3.05, 3.63) is 12.7 Å². The summed E-state index contributed by atoms with van der Waals surface area (Å²) in [6.07, 6.45) is 4.70. The maximum Gasteiger partial charge on any atom is 0.326 e. The first-order chi connectivity index (χ1) is 18.3. The molecule has 0 aliphatic carbocycles. The van der Waals surface area contributed by atoms with Crippen LogP contribution in [-0.2, 0) is 34.9 Å². The van der Waals surface area contributed by atoms with Crippen molar-refractivity contribution in [3.63, 3.8) is 0 Å². The van der Waals surface area contributed by atoms with E-state index in [0.717, 1.165) is 19.3 Å². The van der Waals surface area contributed by atoms with Gasteiger partial charge in [0.2, 0.25) is 7.44 Å². The minimum absolute atomic E-state index is 0.0105. The normalized spacial score (nSPS) is 15.2. The van der Waals surface area contributed by atoms with Gasteiger partial charge in [0.05, 0.1) is 38.1 Å². The van der Waals surface area contributed by atoms with E-state index in [1.54, 1.807) is 45.5 Å². The molecule has 2 unspecified atom stereocenters. The van der Waals surface area contributed by atoms with Crippen LogP contribution in [0, 0.1) is 0 Å². The van der Waals surface area contributed by atoms with E-state index < -0.39 is 37.1 Å². The summed E-state index contributed by atoms with van der Waals surface area (Å²) in [5.41, 5.74) is 5.63. The number of carbonyl (C=O) groups excluding carboxylic acids is 2. The Bertz CT molecular complexity index is 1140. The van der Waals surface area contributed by atoms with E-state index in [-0.39, 0.29) is 31.3 Å². The Morgan fingerprint density at radius 3 is 2.54 bits per heavy atom. The standard InChI is InChI=1S/C25H44N7O6P/c1-8-9-10-11-36-24(34)25(6,7)31-39(35,30-18(4)12-20(33)38-17(2)3)16-37-19(5)13-32-15-29-21-22(26)27-14-28-23(21)32/h14-15,17-19H,8-13,16H2,1-7H3,(H2,26,27,28)(H2,30,31,35)/t18-,19?,39?/m1/s1. The number of nitrogen functional groups attached to an aromatic ring is 1. The summed E-state index contributed by atoms with van der Waals surface area (Å²) in [5, 5.41) is 5.93. The number of nitrogens with zero attached hydrogens (tertiary/aromatic N) is 4. The van der Waals surface area contributed by atoms with Gasteiger partial charge in [-0.15, -0.1) is 0 Å². The van der Waals surface area contributed by atoms with Crippen molar-refractivity contribution in [1.82, 2.24) is 29.7 Å². The maximum absolute atomic E-state index is 14.1. The fourth-order valence-corrected chi connectivity index (χ4v) is 6.32. The fourth-order valence-electron chi connectivity index (χ4n) is 3.85. The first-order valence-corrected chi connectivity index (χ1v) is 15.2. The zero-order chi connectivity index (χ0) is 29.2. The monoisotopic (exact) mass is 569 g/mol. The van der Waals surface area contributed by atoms with Crippen LogP contribution in [0.1, 0.15) is 74.1 Å². The van der Waals surface area contributed by atoms with Crippen LogP contribution in [0.15, 0.2) is 12.7 Å². The van der Waals surface area contributed by atoms with Crippen LogP contribution in [-0.4, -0.2) is 68.2 Å². The molecule has 0 saturated heterocycles. The molecular formula is C25H44N7O6P. The largest absolute Gasteiger partial charge is 0.464 e. The number of rotatable bonds is 17. The molecule has 0 fully saturated rings. The third-order valence-electron chi connectivity index (χ3n) is 5.64. The number of imidazole rings is 1. The summed E-state index contributed by atoms with van der Waals surface area (Å²) < 4.78 is 32.5. The number of carbonyl (C=O) groups is 2. The van der Waals surface area contributed by atoms with Gasteiger partial charge in [-0.25, -0.2) is 25.1 Å². The Labute approximate surface area is 230 Å². The molecule has 2 rings (SSSR count). The summed E-state index contributed by atoms with van der Waals surface area (Å²) in [6, 6.07) is -0.526. The summed E-state index contributed by atoms with van der Waals surface area (Å²) >= 11 is 0. The number of fused-ring (bicyclic) bond motifs is 1. The quantitative estimate of drug-likeness (QED) is 0.144. The smallest absolute Gasteiger partial charge is 0.326 e. The number of esters is 2. The molecule has 0 amide bonds. The van der Waals surface area contributed by atoms with E-state index in [4.69, 9.17) is 19.9 Å². The van der Waals surface area contributed by atoms with Crippen molar-refractivity contribution in [2.45, 2.75) is 104 Å². The van der Waals surface area contributed by atoms with Crippen molar-refractivity contribution in [2.24, 2.45) is 0 Å². The highest BCUT2D eigenvalue weighted by atomic mass is 31.2. The van der Waals surface area contributed by atoms with Gasteiger partial charge < -0.3 is 24.5 Å². The second-order valence-electron chi connectivity index (χ2n) is 10.5. The fraction of sp³-hybridized carbons (Fsp3) is 0.720. The minimum atomic E-state index is -3.59. The average Bonchev–Trinajstić information content (AvgIpc) is 3.23. The van der Waals surface area contributed by atoms with Crippen LogP contribution in [0.2, 0.25) is 0 Å². The maximum atomic E-state index is 14.1. The lowest BCUT2D eigenvalue weighted by Gasteiger charge is -2.32. The third-order valence-corrected chi connectivity index (χ3v) is 7.94. The van der Waals surface area contributed by atoms with E-state index in [2.05, 4.69) is 32.1 Å². The van der Waals surface area contributed by atoms with Crippen LogP contribution < -0.4 is 15.9 Å². The number of hydrogen-bond acceptors (Lipinski definition) is 10. The van der Waals surface area contributed by atoms with Gasteiger partial charge in [0.1, 0.15) is 23.7 Å². The van der Waals surface area contributed by atoms with E-state index in [1.807, 2.05) is 6.92 Å². The van der Waals surface area contributed by atoms with E-state index in [9.17, 15) is 14.2 Å². The molecule has 0 saturated carbocycles. The molecule has 39 heavy (non-hydrogen) atoms. The van der Waals surface area contributed by atoms with Crippen molar-refractivity contribution < 1.29 is 28.4 Å². The number of hydrogen-bond donors (Lipinski definition) is 3. The lowest BCUT2D eigenvalue weighted by atomic mass is 10.1. The predicted octanol–water partition coefficient (Wildman–Crippen LogP) is 3.39. The number of aromatic nitrogens is 4. The van der Waals surface area contributed by atoms with Crippen LogP contribution >= 0.6 is 7.44 Å². The Morgan fingerprint density at radius 2 is 1.87 bits per heavy atom. The highest BCUT2D eigenvalue weighted by Crippen LogP contribution is 2.40. The van der Waals surface area contributed by atoms with Gasteiger partial charge in [-0.3, -0.25) is 14.2 Å². The molecule has 4 N–H and O–H groups in total. The van der Waals surface area contributed by atoms with Gasteiger partial charge in [0.25, 0.3) is 0 Å². The molecule has 13 nitrogen and oxygen atoms in total. The van der Waals surface area contributed by atoms with Gasteiger partial charge in [0.15, 0.2) is 11.5 Å². The van der Waals surface area contributed by atoms with E-state index >= 15 is 0 Å². The zero-order valence-electron chi connectivity index (χ0n) is 24.1. The van der Waals surface area contributed by atoms with Crippen LogP contribution in [0.3, 0.4) is 0 Å². The van der Waals surface area contributed by atoms with Gasteiger partial charge >= 0.3 is 11.9 Å². The Kier molecular flexibility index (Phi) is 12.3. The van der Waals surface area contributed by atoms with Crippen molar-refractivity contribution in [1.29, 1.82) is 0 Å². The number of nitrogens with two attached hydrogens (primary N) is 1. The number of anilines is 1. The molecule has 2 aromatic heterocycles. The number of ether oxygens (including phenoxy) is 3. The minimum Gasteiger partial charge on any atom is -0.464 e. The van der Waals surface area contributed by atoms with E-state index in [0.29, 0.717) is 17.7 Å². The molecule has 3 atom stereocenters. The zero-order valence-corrected chi connectivity index (χ0v) is 25.0. The molecule has 0 radical (unpaired) electrons. The van der Waals surface area contributed by atoms with Gasteiger partial charge in [0, 0.05) is 6.04 Å². The Balaban J connectivity index is 2.12. The molecule has 220 valence electrons. The highest BCUT2D eigenvalue weighted by molar-refractivity contribution is 7.59. The Morgan fingerprint density at radius 1 is 1.15 bits per heavy atom. The van der Waals surface area contributed by atoms with Crippen LogP contribution in [0.25, 0.3) is 11.2 Å². The van der Waals surface area contributed by atoms with Gasteiger partial charge in [-0.05, 0) is 48.0 Å². The lowest BCUT2D eigenvalue weighted by Crippen LogP contribution is -2.49. The molecule has 0 aliphatic rings. The van der Waals surface area contributed by atoms with Gasteiger partial charge in [-0.1, -0.05) is 19.8 Å². The topological polar surface area (TPSA) is 173 Å². The SMILES string of the molecule is CCCCCOC(=O)C(C)(C)NP(=O)(COC(C)Cn1cnc2c(N)ncnc21)N[C@H](C)CC(=O)OC(C)C. The molecule has 14 heteroatoms. The van der Waals surface area contributed by atoms with Crippen LogP contribution in [0.4, 0.5) is 5.82 Å². The molecule has 0 aromatic carbocycles. The first-order valence-electron chi connectivity index (χ1n) is 13.3. The molecule has 0 bridgehead atoms. The number of nitrogens with one attached hydrogen (secondary N) is 2. The summed E-state index contributed by atoms with van der Waals surface area (Å²) in [7, 11) is -3.59. The summed E-state index contributed by atoms with van der Waals surface area (Å²) in [4.78, 5) is 37.4. The van der Waals surface area contributed by atoms with Gasteiger partial charge in [-0.2, -0.15) is 0 Å². The predicted molar refractivity (Wildman–Crippen MR) is 149 cm³/mol.